The molecule has 1 N–H and O–H groups in total. The Morgan fingerprint density at radius 3 is 2.75 bits per heavy atom. The van der Waals surface area contributed by atoms with Crippen molar-refractivity contribution < 1.29 is 14.4 Å². The third-order valence-electron chi connectivity index (χ3n) is 4.12. The van der Waals surface area contributed by atoms with Crippen molar-refractivity contribution in [2.75, 3.05) is 0 Å². The van der Waals surface area contributed by atoms with Crippen LogP contribution in [0.3, 0.4) is 0 Å². The molecule has 1 aromatic heterocycles. The van der Waals surface area contributed by atoms with E-state index in [0.29, 0.717) is 5.69 Å². The van der Waals surface area contributed by atoms with Gasteiger partial charge in [0.15, 0.2) is 5.69 Å². The number of nitro groups is 1. The molecule has 0 radical (unpaired) electrons. The lowest BCUT2D eigenvalue weighted by atomic mass is 10.0. The smallest absolute Gasteiger partial charge is 0.312 e. The first kappa shape index (κ1) is 17.7. The number of nitro benzene ring substituents is 1. The standard InChI is InChI=1S/C20H12ClN3O4/c21-16-9-8-13(10-18(16)24(26)27)22-11-17-20(25)28-19(23-17)15-7-3-5-12-4-1-2-6-14(12)15/h1-11,25H. The zero-order valence-corrected chi connectivity index (χ0v) is 15.0. The fourth-order valence-electron chi connectivity index (χ4n) is 2.79. The van der Waals surface area contributed by atoms with E-state index in [1.807, 2.05) is 42.5 Å². The second-order valence-corrected chi connectivity index (χ2v) is 6.29. The van der Waals surface area contributed by atoms with Gasteiger partial charge in [0, 0.05) is 11.6 Å². The van der Waals surface area contributed by atoms with Gasteiger partial charge in [0.2, 0.25) is 5.89 Å². The summed E-state index contributed by atoms with van der Waals surface area (Å²) in [6.07, 6.45) is 1.28. The summed E-state index contributed by atoms with van der Waals surface area (Å²) in [4.78, 5) is 18.8. The first-order chi connectivity index (χ1) is 13.5. The molecule has 0 fully saturated rings. The topological polar surface area (TPSA) is 102 Å². The summed E-state index contributed by atoms with van der Waals surface area (Å²) < 4.78 is 5.40. The summed E-state index contributed by atoms with van der Waals surface area (Å²) >= 11 is 5.79. The third-order valence-corrected chi connectivity index (χ3v) is 4.44. The van der Waals surface area contributed by atoms with Crippen molar-refractivity contribution >= 4 is 40.0 Å². The molecular formula is C20H12ClN3O4. The Morgan fingerprint density at radius 1 is 1.14 bits per heavy atom. The van der Waals surface area contributed by atoms with E-state index in [9.17, 15) is 15.2 Å². The van der Waals surface area contributed by atoms with Gasteiger partial charge < -0.3 is 9.52 Å². The second-order valence-electron chi connectivity index (χ2n) is 5.89. The van der Waals surface area contributed by atoms with E-state index in [2.05, 4.69) is 9.98 Å². The van der Waals surface area contributed by atoms with Crippen molar-refractivity contribution in [2.45, 2.75) is 0 Å². The van der Waals surface area contributed by atoms with E-state index >= 15 is 0 Å². The van der Waals surface area contributed by atoms with Crippen molar-refractivity contribution in [3.63, 3.8) is 0 Å². The summed E-state index contributed by atoms with van der Waals surface area (Å²) in [5.74, 6) is -0.145. The van der Waals surface area contributed by atoms with Crippen LogP contribution in [0, 0.1) is 10.1 Å². The van der Waals surface area contributed by atoms with Crippen molar-refractivity contribution in [2.24, 2.45) is 4.99 Å². The summed E-state index contributed by atoms with van der Waals surface area (Å²) in [6.45, 7) is 0. The molecule has 0 aliphatic carbocycles. The highest BCUT2D eigenvalue weighted by molar-refractivity contribution is 6.32. The van der Waals surface area contributed by atoms with E-state index in [0.717, 1.165) is 16.3 Å². The fourth-order valence-corrected chi connectivity index (χ4v) is 2.98. The van der Waals surface area contributed by atoms with Gasteiger partial charge in [-0.15, -0.1) is 0 Å². The van der Waals surface area contributed by atoms with Crippen LogP contribution in [0.4, 0.5) is 11.4 Å². The predicted molar refractivity (Wildman–Crippen MR) is 106 cm³/mol. The average molecular weight is 394 g/mol. The lowest BCUT2D eigenvalue weighted by molar-refractivity contribution is -0.384. The number of fused-ring (bicyclic) bond motifs is 1. The van der Waals surface area contributed by atoms with Crippen LogP contribution in [0.15, 0.2) is 70.1 Å². The average Bonchev–Trinajstić information content (AvgIpc) is 3.07. The summed E-state index contributed by atoms with van der Waals surface area (Å²) in [5.41, 5.74) is 0.887. The first-order valence-corrected chi connectivity index (χ1v) is 8.56. The van der Waals surface area contributed by atoms with Crippen LogP contribution in [0.2, 0.25) is 5.02 Å². The molecule has 0 saturated carbocycles. The van der Waals surface area contributed by atoms with Gasteiger partial charge in [0.05, 0.1) is 16.8 Å². The molecule has 4 aromatic rings. The molecule has 3 aromatic carbocycles. The van der Waals surface area contributed by atoms with E-state index in [1.54, 1.807) is 0 Å². The Balaban J connectivity index is 1.70. The van der Waals surface area contributed by atoms with E-state index in [1.165, 1.54) is 24.4 Å². The van der Waals surface area contributed by atoms with Gasteiger partial charge >= 0.3 is 5.95 Å². The van der Waals surface area contributed by atoms with E-state index in [-0.39, 0.29) is 22.3 Å². The minimum Gasteiger partial charge on any atom is -0.479 e. The van der Waals surface area contributed by atoms with Crippen LogP contribution in [0.25, 0.3) is 22.2 Å². The van der Waals surface area contributed by atoms with Gasteiger partial charge in [-0.25, -0.2) is 4.98 Å². The molecule has 0 saturated heterocycles. The van der Waals surface area contributed by atoms with Gasteiger partial charge in [-0.1, -0.05) is 48.0 Å². The Labute approximate surface area is 163 Å². The minimum absolute atomic E-state index is 0.0199. The second kappa shape index (κ2) is 7.13. The number of oxazole rings is 1. The number of halogens is 1. The molecule has 0 atom stereocenters. The monoisotopic (exact) mass is 393 g/mol. The number of nitrogens with zero attached hydrogens (tertiary/aromatic N) is 3. The van der Waals surface area contributed by atoms with Crippen molar-refractivity contribution in [3.05, 3.63) is 81.5 Å². The number of aromatic nitrogens is 1. The highest BCUT2D eigenvalue weighted by Crippen LogP contribution is 2.32. The highest BCUT2D eigenvalue weighted by atomic mass is 35.5. The molecule has 0 aliphatic rings. The normalized spacial score (nSPS) is 11.3. The molecule has 0 amide bonds. The van der Waals surface area contributed by atoms with Crippen LogP contribution in [-0.2, 0) is 0 Å². The van der Waals surface area contributed by atoms with Gasteiger partial charge in [0.1, 0.15) is 5.02 Å². The fraction of sp³-hybridized carbons (Fsp3) is 0. The highest BCUT2D eigenvalue weighted by Gasteiger charge is 2.15. The number of hydrogen-bond acceptors (Lipinski definition) is 6. The summed E-state index contributed by atoms with van der Waals surface area (Å²) in [6, 6.07) is 17.6. The molecule has 4 rings (SSSR count). The van der Waals surface area contributed by atoms with E-state index in [4.69, 9.17) is 16.0 Å². The number of rotatable bonds is 4. The first-order valence-electron chi connectivity index (χ1n) is 8.19. The summed E-state index contributed by atoms with van der Waals surface area (Å²) in [7, 11) is 0. The molecule has 0 bridgehead atoms. The van der Waals surface area contributed by atoms with Crippen molar-refractivity contribution in [1.29, 1.82) is 0 Å². The minimum atomic E-state index is -0.590. The molecular weight excluding hydrogens is 382 g/mol. The van der Waals surface area contributed by atoms with Gasteiger partial charge in [0.25, 0.3) is 5.69 Å². The molecule has 28 heavy (non-hydrogen) atoms. The molecule has 8 heteroatoms. The molecule has 1 heterocycles. The molecule has 7 nitrogen and oxygen atoms in total. The lowest BCUT2D eigenvalue weighted by Crippen LogP contribution is -1.88. The maximum absolute atomic E-state index is 11.0. The Morgan fingerprint density at radius 2 is 1.93 bits per heavy atom. The van der Waals surface area contributed by atoms with Crippen LogP contribution >= 0.6 is 11.6 Å². The number of aromatic hydroxyl groups is 1. The van der Waals surface area contributed by atoms with Gasteiger partial charge in [-0.05, 0) is 29.0 Å². The number of hydrogen-bond donors (Lipinski definition) is 1. The van der Waals surface area contributed by atoms with Crippen molar-refractivity contribution in [3.8, 4) is 17.4 Å². The molecule has 138 valence electrons. The Hall–Kier alpha value is -3.71. The van der Waals surface area contributed by atoms with Crippen LogP contribution in [0.1, 0.15) is 5.69 Å². The third kappa shape index (κ3) is 3.30. The SMILES string of the molecule is O=[N+]([O-])c1cc(N=Cc2nc(-c3cccc4ccccc34)oc2O)ccc1Cl. The Bertz CT molecular complexity index is 1230. The maximum Gasteiger partial charge on any atom is 0.312 e. The van der Waals surface area contributed by atoms with Crippen LogP contribution in [0.5, 0.6) is 5.95 Å². The molecule has 0 aliphatic heterocycles. The van der Waals surface area contributed by atoms with E-state index < -0.39 is 10.9 Å². The zero-order chi connectivity index (χ0) is 19.7. The number of aliphatic imine (C=N–C) groups is 1. The molecule has 0 unspecified atom stereocenters. The van der Waals surface area contributed by atoms with Gasteiger partial charge in [-0.2, -0.15) is 0 Å². The van der Waals surface area contributed by atoms with Crippen LogP contribution in [-0.4, -0.2) is 21.2 Å². The summed E-state index contributed by atoms with van der Waals surface area (Å²) in [5, 5.41) is 23.0. The maximum atomic E-state index is 11.0. The zero-order valence-electron chi connectivity index (χ0n) is 14.2. The largest absolute Gasteiger partial charge is 0.479 e. The van der Waals surface area contributed by atoms with Crippen molar-refractivity contribution in [1.82, 2.24) is 4.98 Å². The van der Waals surface area contributed by atoms with Gasteiger partial charge in [-0.3, -0.25) is 15.1 Å². The molecule has 0 spiro atoms. The lowest BCUT2D eigenvalue weighted by Gasteiger charge is -2.01. The van der Waals surface area contributed by atoms with Crippen LogP contribution < -0.4 is 0 Å². The quantitative estimate of drug-likeness (QED) is 0.279. The predicted octanol–water partition coefficient (Wildman–Crippen LogP) is 5.51. The Kier molecular flexibility index (Phi) is 4.50. The number of benzene rings is 3.